The number of hydrogen-bond donors (Lipinski definition) is 1. The molecular formula is C12H16BrClN2O. The maximum Gasteiger partial charge on any atom is 0.239 e. The van der Waals surface area contributed by atoms with Crippen molar-refractivity contribution in [1.29, 1.82) is 0 Å². The third-order valence-electron chi connectivity index (χ3n) is 2.88. The zero-order valence-electron chi connectivity index (χ0n) is 9.43. The third-order valence-corrected chi connectivity index (χ3v) is 3.66. The van der Waals surface area contributed by atoms with Crippen LogP contribution in [0.1, 0.15) is 12.0 Å². The van der Waals surface area contributed by atoms with Gasteiger partial charge < -0.3 is 10.6 Å². The molecule has 0 spiro atoms. The molecule has 1 aromatic carbocycles. The van der Waals surface area contributed by atoms with E-state index in [1.54, 1.807) is 0 Å². The molecule has 0 saturated carbocycles. The summed E-state index contributed by atoms with van der Waals surface area (Å²) in [5, 5.41) is 0. The number of rotatable bonds is 3. The molecule has 5 heteroatoms. The van der Waals surface area contributed by atoms with E-state index in [4.69, 9.17) is 5.73 Å². The zero-order chi connectivity index (χ0) is 11.5. The second kappa shape index (κ2) is 6.38. The monoisotopic (exact) mass is 318 g/mol. The molecule has 0 unspecified atom stereocenters. The van der Waals surface area contributed by atoms with Gasteiger partial charge in [0.1, 0.15) is 0 Å². The molecule has 3 nitrogen and oxygen atoms in total. The van der Waals surface area contributed by atoms with Gasteiger partial charge in [0.05, 0.1) is 6.04 Å². The minimum Gasteiger partial charge on any atom is -0.341 e. The molecule has 0 aliphatic carbocycles. The number of nitrogens with zero attached hydrogens (tertiary/aromatic N) is 1. The van der Waals surface area contributed by atoms with Crippen molar-refractivity contribution in [2.75, 3.05) is 13.1 Å². The van der Waals surface area contributed by atoms with Gasteiger partial charge in [0, 0.05) is 17.6 Å². The number of carbonyl (C=O) groups excluding carboxylic acids is 1. The van der Waals surface area contributed by atoms with Crippen molar-refractivity contribution in [3.63, 3.8) is 0 Å². The third kappa shape index (κ3) is 3.44. The summed E-state index contributed by atoms with van der Waals surface area (Å²) >= 11 is 3.46. The van der Waals surface area contributed by atoms with Crippen LogP contribution in [-0.4, -0.2) is 29.9 Å². The van der Waals surface area contributed by atoms with Crippen molar-refractivity contribution in [2.24, 2.45) is 5.73 Å². The molecular weight excluding hydrogens is 304 g/mol. The second-order valence-electron chi connectivity index (χ2n) is 4.08. The lowest BCUT2D eigenvalue weighted by molar-refractivity contribution is -0.136. The predicted molar refractivity (Wildman–Crippen MR) is 74.3 cm³/mol. The van der Waals surface area contributed by atoms with Gasteiger partial charge in [-0.2, -0.15) is 0 Å². The van der Waals surface area contributed by atoms with Gasteiger partial charge in [0.2, 0.25) is 5.91 Å². The molecule has 94 valence electrons. The Morgan fingerprint density at radius 2 is 2.06 bits per heavy atom. The Balaban J connectivity index is 0.00000144. The van der Waals surface area contributed by atoms with Crippen molar-refractivity contribution < 1.29 is 4.79 Å². The molecule has 17 heavy (non-hydrogen) atoms. The smallest absolute Gasteiger partial charge is 0.239 e. The van der Waals surface area contributed by atoms with E-state index < -0.39 is 6.04 Å². The molecule has 1 atom stereocenters. The Bertz CT molecular complexity index is 396. The summed E-state index contributed by atoms with van der Waals surface area (Å²) in [7, 11) is 0. The summed E-state index contributed by atoms with van der Waals surface area (Å²) in [5.74, 6) is 0.0713. The average molecular weight is 320 g/mol. The summed E-state index contributed by atoms with van der Waals surface area (Å²) < 4.78 is 1.02. The number of carbonyl (C=O) groups is 1. The molecule has 1 fully saturated rings. The molecule has 2 rings (SSSR count). The van der Waals surface area contributed by atoms with Crippen LogP contribution in [0.25, 0.3) is 0 Å². The van der Waals surface area contributed by atoms with Crippen LogP contribution in [0.2, 0.25) is 0 Å². The van der Waals surface area contributed by atoms with E-state index >= 15 is 0 Å². The van der Waals surface area contributed by atoms with Crippen molar-refractivity contribution in [1.82, 2.24) is 4.90 Å². The number of nitrogens with two attached hydrogens (primary N) is 1. The van der Waals surface area contributed by atoms with Crippen molar-refractivity contribution >= 4 is 34.2 Å². The molecule has 1 aliphatic rings. The maximum absolute atomic E-state index is 11.8. The van der Waals surface area contributed by atoms with Crippen LogP contribution in [-0.2, 0) is 11.2 Å². The number of hydrogen-bond acceptors (Lipinski definition) is 2. The van der Waals surface area contributed by atoms with E-state index in [0.717, 1.165) is 29.5 Å². The van der Waals surface area contributed by atoms with E-state index in [-0.39, 0.29) is 18.3 Å². The molecule has 0 bridgehead atoms. The van der Waals surface area contributed by atoms with E-state index in [1.807, 2.05) is 29.2 Å². The number of likely N-dealkylation sites (tertiary alicyclic amines) is 1. The molecule has 0 aromatic heterocycles. The first kappa shape index (κ1) is 14.5. The molecule has 1 aliphatic heterocycles. The average Bonchev–Trinajstić information content (AvgIpc) is 2.18. The quantitative estimate of drug-likeness (QED) is 0.926. The fourth-order valence-electron chi connectivity index (χ4n) is 1.76. The Morgan fingerprint density at radius 1 is 1.41 bits per heavy atom. The normalized spacial score (nSPS) is 15.8. The van der Waals surface area contributed by atoms with Gasteiger partial charge >= 0.3 is 0 Å². The van der Waals surface area contributed by atoms with E-state index in [0.29, 0.717) is 6.42 Å². The Hall–Kier alpha value is -0.580. The summed E-state index contributed by atoms with van der Waals surface area (Å²) in [6.45, 7) is 1.73. The van der Waals surface area contributed by atoms with Gasteiger partial charge in [-0.15, -0.1) is 12.4 Å². The Labute approximate surface area is 116 Å². The molecule has 1 heterocycles. The predicted octanol–water partition coefficient (Wildman–Crippen LogP) is 1.97. The van der Waals surface area contributed by atoms with Crippen LogP contribution >= 0.6 is 28.3 Å². The lowest BCUT2D eigenvalue weighted by atomic mass is 10.0. The maximum atomic E-state index is 11.8. The van der Waals surface area contributed by atoms with Crippen LogP contribution in [0.4, 0.5) is 0 Å². The highest BCUT2D eigenvalue weighted by atomic mass is 79.9. The first-order chi connectivity index (χ1) is 7.68. The SMILES string of the molecule is Cl.N[C@@H](Cc1ccccc1Br)C(=O)N1CCC1. The number of amides is 1. The first-order valence-corrected chi connectivity index (χ1v) is 6.25. The topological polar surface area (TPSA) is 46.3 Å². The first-order valence-electron chi connectivity index (χ1n) is 5.46. The molecule has 1 amide bonds. The summed E-state index contributed by atoms with van der Waals surface area (Å²) in [5.41, 5.74) is 7.00. The highest BCUT2D eigenvalue weighted by molar-refractivity contribution is 9.10. The van der Waals surface area contributed by atoms with Gasteiger partial charge in [-0.25, -0.2) is 0 Å². The fourth-order valence-corrected chi connectivity index (χ4v) is 2.21. The zero-order valence-corrected chi connectivity index (χ0v) is 11.8. The number of benzene rings is 1. The molecule has 2 N–H and O–H groups in total. The lowest BCUT2D eigenvalue weighted by Gasteiger charge is -2.33. The van der Waals surface area contributed by atoms with Gasteiger partial charge in [0.15, 0.2) is 0 Å². The molecule has 1 saturated heterocycles. The molecule has 0 radical (unpaired) electrons. The van der Waals surface area contributed by atoms with Crippen LogP contribution in [0, 0.1) is 0 Å². The summed E-state index contributed by atoms with van der Waals surface area (Å²) in [6.07, 6.45) is 1.70. The fraction of sp³-hybridized carbons (Fsp3) is 0.417. The Morgan fingerprint density at radius 3 is 2.59 bits per heavy atom. The van der Waals surface area contributed by atoms with Crippen molar-refractivity contribution in [3.05, 3.63) is 34.3 Å². The summed E-state index contributed by atoms with van der Waals surface area (Å²) in [4.78, 5) is 13.6. The van der Waals surface area contributed by atoms with E-state index in [9.17, 15) is 4.79 Å². The molecule has 1 aromatic rings. The van der Waals surface area contributed by atoms with Gasteiger partial charge in [0.25, 0.3) is 0 Å². The van der Waals surface area contributed by atoms with Crippen molar-refractivity contribution in [2.45, 2.75) is 18.9 Å². The van der Waals surface area contributed by atoms with E-state index in [1.165, 1.54) is 0 Å². The largest absolute Gasteiger partial charge is 0.341 e. The van der Waals surface area contributed by atoms with Gasteiger partial charge in [-0.05, 0) is 24.5 Å². The van der Waals surface area contributed by atoms with Crippen molar-refractivity contribution in [3.8, 4) is 0 Å². The summed E-state index contributed by atoms with van der Waals surface area (Å²) in [6, 6.07) is 7.46. The van der Waals surface area contributed by atoms with Crippen LogP contribution in [0.15, 0.2) is 28.7 Å². The lowest BCUT2D eigenvalue weighted by Crippen LogP contribution is -2.50. The van der Waals surface area contributed by atoms with Gasteiger partial charge in [-0.1, -0.05) is 34.1 Å². The van der Waals surface area contributed by atoms with Crippen LogP contribution < -0.4 is 5.73 Å². The highest BCUT2D eigenvalue weighted by Crippen LogP contribution is 2.18. The highest BCUT2D eigenvalue weighted by Gasteiger charge is 2.25. The Kier molecular flexibility index (Phi) is 5.43. The van der Waals surface area contributed by atoms with Crippen LogP contribution in [0.5, 0.6) is 0 Å². The number of halogens is 2. The van der Waals surface area contributed by atoms with Gasteiger partial charge in [-0.3, -0.25) is 4.79 Å². The second-order valence-corrected chi connectivity index (χ2v) is 4.94. The van der Waals surface area contributed by atoms with Crippen LogP contribution in [0.3, 0.4) is 0 Å². The van der Waals surface area contributed by atoms with E-state index in [2.05, 4.69) is 15.9 Å². The minimum absolute atomic E-state index is 0. The minimum atomic E-state index is -0.418. The standard InChI is InChI=1S/C12H15BrN2O.ClH/c13-10-5-2-1-4-9(10)8-11(14)12(16)15-6-3-7-15;/h1-2,4-5,11H,3,6-8,14H2;1H/t11-;/m0./s1.